The Morgan fingerprint density at radius 1 is 0.524 bits per heavy atom. The van der Waals surface area contributed by atoms with Crippen LogP contribution in [0.3, 0.4) is 0 Å². The molecular weight excluding hydrogens is 381 g/mol. The topological polar surface area (TPSA) is 163 Å². The Morgan fingerprint density at radius 2 is 0.667 bits per heavy atom. The molecule has 0 unspecified atom stereocenters. The maximum atomic E-state index is 10.8. The fourth-order valence-electron chi connectivity index (χ4n) is 0.992. The van der Waals surface area contributed by atoms with E-state index in [0.717, 1.165) is 0 Å². The fourth-order valence-corrected chi connectivity index (χ4v) is 2.87. The van der Waals surface area contributed by atoms with Gasteiger partial charge in [0, 0.05) is 0 Å². The number of hydrogen-bond donors (Lipinski definition) is 3. The molecule has 0 saturated heterocycles. The van der Waals surface area contributed by atoms with Crippen molar-refractivity contribution in [3.63, 3.8) is 0 Å². The molecule has 1 aromatic rings. The molecule has 0 aromatic heterocycles. The van der Waals surface area contributed by atoms with Gasteiger partial charge in [-0.3, -0.25) is 13.7 Å². The second kappa shape index (κ2) is 9.44. The number of benzene rings is 1. The third-order valence-corrected chi connectivity index (χ3v) is 4.24. The van der Waals surface area contributed by atoms with E-state index < -0.39 is 45.0 Å². The first-order valence-electron chi connectivity index (χ1n) is 3.89. The van der Waals surface area contributed by atoms with Crippen LogP contribution in [0.25, 0.3) is 0 Å². The van der Waals surface area contributed by atoms with Crippen molar-refractivity contribution in [3.8, 4) is 0 Å². The first-order chi connectivity index (χ1) is 7.82. The van der Waals surface area contributed by atoms with E-state index in [4.69, 9.17) is 13.7 Å². The summed E-state index contributed by atoms with van der Waals surface area (Å²) >= 11 is 0. The Hall–Kier alpha value is 1.95. The minimum absolute atomic E-state index is 0. The van der Waals surface area contributed by atoms with E-state index >= 15 is 0 Å². The van der Waals surface area contributed by atoms with Crippen LogP contribution in [0, 0.1) is 0 Å². The Balaban J connectivity index is -0.00000108. The molecule has 0 bridgehead atoms. The van der Waals surface area contributed by atoms with Crippen molar-refractivity contribution in [2.75, 3.05) is 0 Å². The summed E-state index contributed by atoms with van der Waals surface area (Å²) in [6.45, 7) is 0. The van der Waals surface area contributed by atoms with E-state index in [1.165, 1.54) is 0 Å². The van der Waals surface area contributed by atoms with Gasteiger partial charge in [-0.2, -0.15) is 25.3 Å². The molecule has 0 spiro atoms. The molecule has 15 heteroatoms. The van der Waals surface area contributed by atoms with E-state index in [1.807, 2.05) is 0 Å². The summed E-state index contributed by atoms with van der Waals surface area (Å²) in [4.78, 5) is -3.32. The molecule has 0 amide bonds. The molecule has 0 aliphatic rings. The van der Waals surface area contributed by atoms with Gasteiger partial charge in [0.15, 0.2) is 0 Å². The summed E-state index contributed by atoms with van der Waals surface area (Å²) in [6, 6.07) is 0.998. The van der Waals surface area contributed by atoms with E-state index in [-0.39, 0.29) is 88.7 Å². The van der Waals surface area contributed by atoms with Gasteiger partial charge < -0.3 is 0 Å². The van der Waals surface area contributed by atoms with Gasteiger partial charge in [-0.25, -0.2) is 0 Å². The zero-order chi connectivity index (χ0) is 14.4. The second-order valence-corrected chi connectivity index (χ2v) is 7.33. The Morgan fingerprint density at radius 3 is 0.762 bits per heavy atom. The molecule has 1 aromatic carbocycles. The van der Waals surface area contributed by atoms with Crippen molar-refractivity contribution in [1.82, 2.24) is 0 Å². The van der Waals surface area contributed by atoms with E-state index in [2.05, 4.69) is 0 Å². The standard InChI is InChI=1S/C6H6O9S3.3Na.3H/c7-16(8,9)4-1-5(17(10,11)12)3-6(2-4)18(13,14)15;;;;;;/h1-3H,(H,7,8,9)(H,10,11,12)(H,13,14,15);;;;;;. The minimum atomic E-state index is -4.92. The average molecular weight is 390 g/mol. The zero-order valence-corrected chi connectivity index (χ0v) is 10.7. The first-order valence-corrected chi connectivity index (χ1v) is 8.21. The Labute approximate surface area is 188 Å². The molecule has 21 heavy (non-hydrogen) atoms. The molecule has 1 rings (SSSR count). The molecule has 0 atom stereocenters. The van der Waals surface area contributed by atoms with Gasteiger partial charge in [0.1, 0.15) is 0 Å². The maximum absolute atomic E-state index is 10.8. The van der Waals surface area contributed by atoms with Crippen molar-refractivity contribution in [3.05, 3.63) is 18.2 Å². The molecule has 0 saturated carbocycles. The summed E-state index contributed by atoms with van der Waals surface area (Å²) < 4.78 is 90.8. The monoisotopic (exact) mass is 390 g/mol. The quantitative estimate of drug-likeness (QED) is 0.373. The van der Waals surface area contributed by atoms with Crippen LogP contribution in [0.2, 0.25) is 0 Å². The SMILES string of the molecule is O=S(=O)(O)c1cc(S(=O)(=O)O)cc(S(=O)(=O)O)c1.[NaH].[NaH].[NaH]. The molecule has 0 aliphatic heterocycles. The molecule has 108 valence electrons. The predicted molar refractivity (Wildman–Crippen MR) is 77.3 cm³/mol. The van der Waals surface area contributed by atoms with E-state index in [1.54, 1.807) is 0 Å². The van der Waals surface area contributed by atoms with Crippen molar-refractivity contribution in [1.29, 1.82) is 0 Å². The Bertz CT molecular complexity index is 675. The van der Waals surface area contributed by atoms with Gasteiger partial charge >= 0.3 is 88.7 Å². The van der Waals surface area contributed by atoms with Crippen molar-refractivity contribution >= 4 is 119 Å². The molecule has 3 N–H and O–H groups in total. The zero-order valence-electron chi connectivity index (χ0n) is 8.25. The molecule has 0 aliphatic carbocycles. The normalized spacial score (nSPS) is 11.6. The van der Waals surface area contributed by atoms with Crippen LogP contribution >= 0.6 is 0 Å². The van der Waals surface area contributed by atoms with Gasteiger partial charge in [0.25, 0.3) is 30.4 Å². The molecule has 0 heterocycles. The van der Waals surface area contributed by atoms with Crippen molar-refractivity contribution < 1.29 is 38.9 Å². The van der Waals surface area contributed by atoms with Gasteiger partial charge in [0.2, 0.25) is 0 Å². The summed E-state index contributed by atoms with van der Waals surface area (Å²) in [5, 5.41) is 0. The molecule has 0 radical (unpaired) electrons. The van der Waals surface area contributed by atoms with Crippen LogP contribution in [0.15, 0.2) is 32.9 Å². The first kappa shape index (κ1) is 27.8. The van der Waals surface area contributed by atoms with Gasteiger partial charge in [-0.1, -0.05) is 0 Å². The average Bonchev–Trinajstić information content (AvgIpc) is 2.13. The summed E-state index contributed by atoms with van der Waals surface area (Å²) in [7, 11) is -14.8. The van der Waals surface area contributed by atoms with E-state index in [9.17, 15) is 25.3 Å². The van der Waals surface area contributed by atoms with Crippen LogP contribution in [0.1, 0.15) is 0 Å². The Kier molecular flexibility index (Phi) is 12.5. The van der Waals surface area contributed by atoms with Gasteiger partial charge in [-0.05, 0) is 18.2 Å². The van der Waals surface area contributed by atoms with Gasteiger partial charge in [-0.15, -0.1) is 0 Å². The van der Waals surface area contributed by atoms with Crippen molar-refractivity contribution in [2.24, 2.45) is 0 Å². The third kappa shape index (κ3) is 8.56. The second-order valence-electron chi connectivity index (χ2n) is 3.07. The fraction of sp³-hybridized carbons (Fsp3) is 0. The van der Waals surface area contributed by atoms with Crippen LogP contribution in [0.4, 0.5) is 0 Å². The number of rotatable bonds is 3. The van der Waals surface area contributed by atoms with E-state index in [0.29, 0.717) is 18.2 Å². The van der Waals surface area contributed by atoms with Crippen LogP contribution in [-0.4, -0.2) is 128 Å². The van der Waals surface area contributed by atoms with Crippen LogP contribution in [0.5, 0.6) is 0 Å². The molecule has 9 nitrogen and oxygen atoms in total. The molecule has 0 fully saturated rings. The third-order valence-electron chi connectivity index (χ3n) is 1.75. The summed E-state index contributed by atoms with van der Waals surface area (Å²) in [5.74, 6) is 0. The van der Waals surface area contributed by atoms with Gasteiger partial charge in [0.05, 0.1) is 14.7 Å². The van der Waals surface area contributed by atoms with Crippen LogP contribution < -0.4 is 0 Å². The summed E-state index contributed by atoms with van der Waals surface area (Å²) in [5.41, 5.74) is 0. The number of hydrogen-bond acceptors (Lipinski definition) is 6. The predicted octanol–water partition coefficient (Wildman–Crippen LogP) is -2.52. The van der Waals surface area contributed by atoms with Crippen LogP contribution in [-0.2, 0) is 30.4 Å². The van der Waals surface area contributed by atoms with Crippen molar-refractivity contribution in [2.45, 2.75) is 14.7 Å². The summed E-state index contributed by atoms with van der Waals surface area (Å²) in [6.07, 6.45) is 0. The molecular formula is C6H9Na3O9S3.